The third-order valence-electron chi connectivity index (χ3n) is 4.14. The molecule has 1 aromatic carbocycles. The molecular formula is C19H21NOS. The number of nitrogens with zero attached hydrogens (tertiary/aromatic N) is 1. The van der Waals surface area contributed by atoms with Gasteiger partial charge in [0.15, 0.2) is 0 Å². The van der Waals surface area contributed by atoms with Gasteiger partial charge in [0.25, 0.3) is 0 Å². The van der Waals surface area contributed by atoms with Gasteiger partial charge in [0.05, 0.1) is 0 Å². The Labute approximate surface area is 136 Å². The summed E-state index contributed by atoms with van der Waals surface area (Å²) in [6.07, 6.45) is 4.59. The van der Waals surface area contributed by atoms with Crippen LogP contribution in [0.5, 0.6) is 0 Å². The molecule has 2 heterocycles. The zero-order valence-corrected chi connectivity index (χ0v) is 13.9. The fourth-order valence-corrected chi connectivity index (χ4v) is 3.59. The second-order valence-electron chi connectivity index (χ2n) is 6.03. The van der Waals surface area contributed by atoms with E-state index in [1.54, 1.807) is 17.4 Å². The van der Waals surface area contributed by atoms with Gasteiger partial charge < -0.3 is 4.90 Å². The summed E-state index contributed by atoms with van der Waals surface area (Å²) in [4.78, 5) is 15.7. The Kier molecular flexibility index (Phi) is 4.44. The van der Waals surface area contributed by atoms with E-state index in [9.17, 15) is 4.79 Å². The van der Waals surface area contributed by atoms with Crippen molar-refractivity contribution in [1.82, 2.24) is 4.90 Å². The lowest BCUT2D eigenvalue weighted by molar-refractivity contribution is -0.126. The number of thiophene rings is 1. The van der Waals surface area contributed by atoms with Crippen LogP contribution in [-0.2, 0) is 17.8 Å². The fourth-order valence-electron chi connectivity index (χ4n) is 2.70. The molecule has 1 aliphatic rings. The molecule has 1 amide bonds. The second-order valence-corrected chi connectivity index (χ2v) is 7.03. The maximum absolute atomic E-state index is 12.3. The zero-order chi connectivity index (χ0) is 15.5. The van der Waals surface area contributed by atoms with E-state index in [-0.39, 0.29) is 5.91 Å². The van der Waals surface area contributed by atoms with Crippen LogP contribution in [-0.4, -0.2) is 17.4 Å². The van der Waals surface area contributed by atoms with E-state index >= 15 is 0 Å². The molecule has 22 heavy (non-hydrogen) atoms. The molecule has 0 atom stereocenters. The summed E-state index contributed by atoms with van der Waals surface area (Å²) >= 11 is 1.80. The van der Waals surface area contributed by atoms with E-state index in [1.165, 1.54) is 16.0 Å². The summed E-state index contributed by atoms with van der Waals surface area (Å²) in [5.41, 5.74) is 3.70. The molecule has 0 saturated heterocycles. The highest BCUT2D eigenvalue weighted by Gasteiger charge is 2.19. The quantitative estimate of drug-likeness (QED) is 0.766. The molecule has 0 unspecified atom stereocenters. The molecule has 2 nitrogen and oxygen atoms in total. The van der Waals surface area contributed by atoms with E-state index in [2.05, 4.69) is 49.6 Å². The number of hydrogen-bond donors (Lipinski definition) is 0. The molecule has 1 aromatic heterocycles. The summed E-state index contributed by atoms with van der Waals surface area (Å²) in [6.45, 7) is 5.93. The zero-order valence-electron chi connectivity index (χ0n) is 13.1. The fraction of sp³-hybridized carbons (Fsp3) is 0.316. The predicted octanol–water partition coefficient (Wildman–Crippen LogP) is 4.47. The molecule has 0 radical (unpaired) electrons. The van der Waals surface area contributed by atoms with Crippen LogP contribution >= 0.6 is 11.3 Å². The van der Waals surface area contributed by atoms with Crippen molar-refractivity contribution in [2.24, 2.45) is 0 Å². The largest absolute Gasteiger partial charge is 0.334 e. The van der Waals surface area contributed by atoms with Gasteiger partial charge in [-0.2, -0.15) is 0 Å². The van der Waals surface area contributed by atoms with Gasteiger partial charge in [-0.1, -0.05) is 38.1 Å². The van der Waals surface area contributed by atoms with Crippen LogP contribution in [0.3, 0.4) is 0 Å². The Morgan fingerprint density at radius 3 is 2.73 bits per heavy atom. The monoisotopic (exact) mass is 311 g/mol. The lowest BCUT2D eigenvalue weighted by Crippen LogP contribution is -2.34. The minimum Gasteiger partial charge on any atom is -0.334 e. The van der Waals surface area contributed by atoms with Crippen LogP contribution in [0, 0.1) is 0 Å². The minimum atomic E-state index is 0.102. The molecular weight excluding hydrogens is 290 g/mol. The number of benzene rings is 1. The molecule has 0 N–H and O–H groups in total. The summed E-state index contributed by atoms with van der Waals surface area (Å²) < 4.78 is 0. The van der Waals surface area contributed by atoms with Gasteiger partial charge in [-0.05, 0) is 46.6 Å². The highest BCUT2D eigenvalue weighted by molar-refractivity contribution is 7.10. The van der Waals surface area contributed by atoms with Gasteiger partial charge in [0, 0.05) is 24.0 Å². The van der Waals surface area contributed by atoms with Gasteiger partial charge in [-0.15, -0.1) is 11.3 Å². The van der Waals surface area contributed by atoms with Crippen molar-refractivity contribution in [2.75, 3.05) is 6.54 Å². The first-order chi connectivity index (χ1) is 10.6. The summed E-state index contributed by atoms with van der Waals surface area (Å²) in [7, 11) is 0. The van der Waals surface area contributed by atoms with Crippen molar-refractivity contribution >= 4 is 23.3 Å². The molecule has 3 heteroatoms. The Morgan fingerprint density at radius 2 is 2.00 bits per heavy atom. The lowest BCUT2D eigenvalue weighted by Gasteiger charge is -2.25. The van der Waals surface area contributed by atoms with E-state index in [0.29, 0.717) is 5.92 Å². The molecule has 0 aliphatic carbocycles. The Morgan fingerprint density at radius 1 is 1.23 bits per heavy atom. The lowest BCUT2D eigenvalue weighted by atomic mass is 10.0. The summed E-state index contributed by atoms with van der Waals surface area (Å²) in [5.74, 6) is 0.637. The minimum absolute atomic E-state index is 0.102. The van der Waals surface area contributed by atoms with Crippen LogP contribution in [0.15, 0.2) is 41.8 Å². The number of rotatable bonds is 3. The van der Waals surface area contributed by atoms with Crippen LogP contribution in [0.4, 0.5) is 0 Å². The van der Waals surface area contributed by atoms with Gasteiger partial charge in [0.2, 0.25) is 5.91 Å². The standard InChI is InChI=1S/C19H21NOS/c1-14(2)16-6-3-15(4-7-16)5-8-19(21)20-11-9-18-17(13-20)10-12-22-18/h3-8,10,12,14H,9,11,13H2,1-2H3. The number of carbonyl (C=O) groups is 1. The average Bonchev–Trinajstić information content (AvgIpc) is 3.00. The smallest absolute Gasteiger partial charge is 0.246 e. The van der Waals surface area contributed by atoms with Crippen molar-refractivity contribution in [3.05, 3.63) is 63.4 Å². The first-order valence-electron chi connectivity index (χ1n) is 7.75. The van der Waals surface area contributed by atoms with Crippen molar-refractivity contribution in [1.29, 1.82) is 0 Å². The van der Waals surface area contributed by atoms with E-state index in [4.69, 9.17) is 0 Å². The van der Waals surface area contributed by atoms with E-state index in [1.807, 2.05) is 11.0 Å². The van der Waals surface area contributed by atoms with E-state index < -0.39 is 0 Å². The Bertz CT molecular complexity index is 682. The average molecular weight is 311 g/mol. The Hall–Kier alpha value is -1.87. The third kappa shape index (κ3) is 3.30. The Balaban J connectivity index is 1.64. The van der Waals surface area contributed by atoms with Crippen LogP contribution in [0.25, 0.3) is 6.08 Å². The molecule has 114 valence electrons. The number of hydrogen-bond acceptors (Lipinski definition) is 2. The molecule has 3 rings (SSSR count). The summed E-state index contributed by atoms with van der Waals surface area (Å²) in [5, 5.41) is 2.12. The van der Waals surface area contributed by atoms with Gasteiger partial charge in [0.1, 0.15) is 0 Å². The van der Waals surface area contributed by atoms with Crippen LogP contribution in [0.1, 0.15) is 41.3 Å². The van der Waals surface area contributed by atoms with Crippen LogP contribution in [0.2, 0.25) is 0 Å². The van der Waals surface area contributed by atoms with Gasteiger partial charge >= 0.3 is 0 Å². The predicted molar refractivity (Wildman–Crippen MR) is 93.0 cm³/mol. The number of fused-ring (bicyclic) bond motifs is 1. The molecule has 0 saturated carbocycles. The maximum atomic E-state index is 12.3. The molecule has 0 spiro atoms. The van der Waals surface area contributed by atoms with Gasteiger partial charge in [-0.25, -0.2) is 0 Å². The first-order valence-corrected chi connectivity index (χ1v) is 8.63. The van der Waals surface area contributed by atoms with Gasteiger partial charge in [-0.3, -0.25) is 4.79 Å². The van der Waals surface area contributed by atoms with Crippen molar-refractivity contribution in [3.63, 3.8) is 0 Å². The molecule has 1 aliphatic heterocycles. The maximum Gasteiger partial charge on any atom is 0.246 e. The highest BCUT2D eigenvalue weighted by Crippen LogP contribution is 2.24. The summed E-state index contributed by atoms with van der Waals surface area (Å²) in [6, 6.07) is 10.5. The third-order valence-corrected chi connectivity index (χ3v) is 5.16. The number of amides is 1. The van der Waals surface area contributed by atoms with Crippen LogP contribution < -0.4 is 0 Å². The molecule has 0 fully saturated rings. The first kappa shape index (κ1) is 15.0. The molecule has 0 bridgehead atoms. The van der Waals surface area contributed by atoms with Crippen molar-refractivity contribution in [3.8, 4) is 0 Å². The van der Waals surface area contributed by atoms with Crippen molar-refractivity contribution < 1.29 is 4.79 Å². The topological polar surface area (TPSA) is 20.3 Å². The molecule has 2 aromatic rings. The SMILES string of the molecule is CC(C)c1ccc(C=CC(=O)N2CCc3sccc3C2)cc1. The highest BCUT2D eigenvalue weighted by atomic mass is 32.1. The van der Waals surface area contributed by atoms with Crippen molar-refractivity contribution in [2.45, 2.75) is 32.7 Å². The second kappa shape index (κ2) is 6.49. The number of carbonyl (C=O) groups excluding carboxylic acids is 1. The normalized spacial score (nSPS) is 14.6. The van der Waals surface area contributed by atoms with E-state index in [0.717, 1.165) is 25.1 Å².